The molecule has 0 fully saturated rings. The number of carbonyl (C=O) groups excluding carboxylic acids is 1. The van der Waals surface area contributed by atoms with Gasteiger partial charge in [0.05, 0.1) is 24.8 Å². The number of hydrogen-bond donors (Lipinski definition) is 1. The smallest absolute Gasteiger partial charge is 0.322 e. The van der Waals surface area contributed by atoms with Gasteiger partial charge in [0.15, 0.2) is 0 Å². The van der Waals surface area contributed by atoms with E-state index in [1.165, 1.54) is 5.56 Å². The lowest BCUT2D eigenvalue weighted by Crippen LogP contribution is -2.45. The first-order chi connectivity index (χ1) is 18.1. The van der Waals surface area contributed by atoms with Gasteiger partial charge in [-0.1, -0.05) is 78.8 Å². The molecule has 1 atom stereocenters. The molecule has 7 nitrogen and oxygen atoms in total. The number of benzene rings is 3. The first kappa shape index (κ1) is 24.3. The zero-order valence-corrected chi connectivity index (χ0v) is 21.3. The zero-order chi connectivity index (χ0) is 25.8. The maximum Gasteiger partial charge on any atom is 0.322 e. The van der Waals surface area contributed by atoms with Crippen molar-refractivity contribution in [3.8, 4) is 17.1 Å². The number of carbonyl (C=O) groups is 1. The third kappa shape index (κ3) is 5.11. The van der Waals surface area contributed by atoms with Crippen LogP contribution in [0.15, 0.2) is 89.1 Å². The zero-order valence-electron chi connectivity index (χ0n) is 21.3. The van der Waals surface area contributed by atoms with Crippen LogP contribution in [0.5, 0.6) is 5.75 Å². The van der Waals surface area contributed by atoms with E-state index in [-0.39, 0.29) is 6.03 Å². The summed E-state index contributed by atoms with van der Waals surface area (Å²) in [5, 5.41) is 7.42. The highest BCUT2D eigenvalue weighted by Crippen LogP contribution is 2.38. The van der Waals surface area contributed by atoms with E-state index < -0.39 is 6.04 Å². The Hall–Kier alpha value is -4.39. The molecule has 37 heavy (non-hydrogen) atoms. The lowest BCUT2D eigenvalue weighted by atomic mass is 9.93. The topological polar surface area (TPSA) is 80.5 Å². The quantitative estimate of drug-likeness (QED) is 0.307. The number of nitrogens with one attached hydrogen (secondary N) is 1. The maximum absolute atomic E-state index is 13.4. The molecule has 0 spiro atoms. The van der Waals surface area contributed by atoms with Gasteiger partial charge in [-0.05, 0) is 49.1 Å². The molecule has 1 N–H and O–H groups in total. The van der Waals surface area contributed by atoms with Crippen LogP contribution in [-0.2, 0) is 13.0 Å². The number of amides is 2. The molecule has 0 bridgehead atoms. The van der Waals surface area contributed by atoms with Gasteiger partial charge < -0.3 is 14.6 Å². The van der Waals surface area contributed by atoms with Gasteiger partial charge in [0.25, 0.3) is 5.89 Å². The van der Waals surface area contributed by atoms with Gasteiger partial charge >= 0.3 is 6.03 Å². The number of hydrogen-bond acceptors (Lipinski definition) is 5. The van der Waals surface area contributed by atoms with Crippen molar-refractivity contribution in [1.82, 2.24) is 20.4 Å². The molecule has 1 aromatic heterocycles. The van der Waals surface area contributed by atoms with Crippen molar-refractivity contribution in [2.75, 3.05) is 6.61 Å². The van der Waals surface area contributed by atoms with E-state index in [1.54, 1.807) is 4.90 Å². The summed E-state index contributed by atoms with van der Waals surface area (Å²) in [6.07, 6.45) is 0.943. The van der Waals surface area contributed by atoms with Crippen molar-refractivity contribution >= 4 is 11.6 Å². The van der Waals surface area contributed by atoms with Gasteiger partial charge in [-0.15, -0.1) is 0 Å². The highest BCUT2D eigenvalue weighted by Gasteiger charge is 2.35. The Labute approximate surface area is 216 Å². The molecule has 1 aliphatic rings. The van der Waals surface area contributed by atoms with Crippen LogP contribution in [0.25, 0.3) is 17.0 Å². The second-order valence-corrected chi connectivity index (χ2v) is 8.93. The van der Waals surface area contributed by atoms with E-state index >= 15 is 0 Å². The number of aromatic nitrogens is 2. The fourth-order valence-electron chi connectivity index (χ4n) is 4.52. The van der Waals surface area contributed by atoms with Crippen LogP contribution < -0.4 is 10.1 Å². The minimum absolute atomic E-state index is 0.178. The van der Waals surface area contributed by atoms with Crippen LogP contribution in [0.3, 0.4) is 0 Å². The summed E-state index contributed by atoms with van der Waals surface area (Å²) in [5.41, 5.74) is 5.59. The molecule has 7 heteroatoms. The summed E-state index contributed by atoms with van der Waals surface area (Å²) in [5.74, 6) is 1.70. The van der Waals surface area contributed by atoms with E-state index in [0.29, 0.717) is 24.9 Å². The number of rotatable bonds is 8. The molecule has 0 saturated heterocycles. The maximum atomic E-state index is 13.4. The summed E-state index contributed by atoms with van der Waals surface area (Å²) in [7, 11) is 0. The third-order valence-corrected chi connectivity index (χ3v) is 6.58. The SMILES string of the molecule is CCOc1ccc(CN2C(=O)NC(c3ccc(CC)cc3)C(c3nc(-c4ccccc4)no3)=C2C)cc1. The molecule has 1 aliphatic heterocycles. The average Bonchev–Trinajstić information content (AvgIpc) is 3.42. The number of aryl methyl sites for hydroxylation is 1. The summed E-state index contributed by atoms with van der Waals surface area (Å²) in [6, 6.07) is 25.2. The fraction of sp³-hybridized carbons (Fsp3) is 0.233. The van der Waals surface area contributed by atoms with Gasteiger partial charge in [-0.25, -0.2) is 4.79 Å². The molecule has 0 radical (unpaired) electrons. The van der Waals surface area contributed by atoms with Crippen molar-refractivity contribution in [3.63, 3.8) is 0 Å². The second kappa shape index (κ2) is 10.7. The molecule has 0 aliphatic carbocycles. The highest BCUT2D eigenvalue weighted by atomic mass is 16.5. The van der Waals surface area contributed by atoms with Crippen molar-refractivity contribution in [3.05, 3.63) is 107 Å². The molecular formula is C30H30N4O3. The molecular weight excluding hydrogens is 464 g/mol. The monoisotopic (exact) mass is 494 g/mol. The van der Waals surface area contributed by atoms with Crippen molar-refractivity contribution < 1.29 is 14.1 Å². The van der Waals surface area contributed by atoms with Gasteiger partial charge in [0.1, 0.15) is 5.75 Å². The predicted octanol–water partition coefficient (Wildman–Crippen LogP) is 6.40. The van der Waals surface area contributed by atoms with Crippen LogP contribution >= 0.6 is 0 Å². The summed E-state index contributed by atoms with van der Waals surface area (Å²) < 4.78 is 11.3. The van der Waals surface area contributed by atoms with Crippen molar-refractivity contribution in [2.45, 2.75) is 39.8 Å². The fourth-order valence-corrected chi connectivity index (χ4v) is 4.52. The second-order valence-electron chi connectivity index (χ2n) is 8.93. The largest absolute Gasteiger partial charge is 0.494 e. The molecule has 4 aromatic rings. The van der Waals surface area contributed by atoms with Crippen LogP contribution in [0.4, 0.5) is 4.79 Å². The van der Waals surface area contributed by atoms with Gasteiger partial charge in [-0.3, -0.25) is 4.90 Å². The lowest BCUT2D eigenvalue weighted by Gasteiger charge is -2.35. The summed E-state index contributed by atoms with van der Waals surface area (Å²) >= 11 is 0. The normalized spacial score (nSPS) is 15.6. The van der Waals surface area contributed by atoms with E-state index in [1.807, 2.05) is 80.6 Å². The molecule has 2 heterocycles. The van der Waals surface area contributed by atoms with Crippen LogP contribution in [0.2, 0.25) is 0 Å². The molecule has 0 saturated carbocycles. The Morgan fingerprint density at radius 1 is 0.946 bits per heavy atom. The number of allylic oxidation sites excluding steroid dienone is 1. The van der Waals surface area contributed by atoms with Crippen LogP contribution in [0.1, 0.15) is 49.4 Å². The molecule has 3 aromatic carbocycles. The Kier molecular flexibility index (Phi) is 7.03. The molecule has 188 valence electrons. The molecule has 5 rings (SSSR count). The molecule has 1 unspecified atom stereocenters. The Bertz CT molecular complexity index is 1390. The van der Waals surface area contributed by atoms with E-state index in [9.17, 15) is 4.79 Å². The van der Waals surface area contributed by atoms with Crippen LogP contribution in [-0.4, -0.2) is 27.7 Å². The third-order valence-electron chi connectivity index (χ3n) is 6.58. The van der Waals surface area contributed by atoms with Gasteiger partial charge in [0, 0.05) is 11.3 Å². The Morgan fingerprint density at radius 3 is 2.32 bits per heavy atom. The Morgan fingerprint density at radius 2 is 1.65 bits per heavy atom. The first-order valence-corrected chi connectivity index (χ1v) is 12.6. The Balaban J connectivity index is 1.54. The van der Waals surface area contributed by atoms with Crippen molar-refractivity contribution in [2.24, 2.45) is 0 Å². The van der Waals surface area contributed by atoms with E-state index in [2.05, 4.69) is 29.5 Å². The minimum atomic E-state index is -0.418. The van der Waals surface area contributed by atoms with Crippen molar-refractivity contribution in [1.29, 1.82) is 0 Å². The minimum Gasteiger partial charge on any atom is -0.494 e. The highest BCUT2D eigenvalue weighted by molar-refractivity contribution is 5.86. The average molecular weight is 495 g/mol. The standard InChI is InChI=1S/C30H30N4O3/c1-4-21-11-15-23(16-12-21)27-26(29-32-28(33-37-29)24-9-7-6-8-10-24)20(3)34(30(35)31-27)19-22-13-17-25(18-14-22)36-5-2/h6-18,27H,4-5,19H2,1-3H3,(H,31,35). The number of urea groups is 1. The van der Waals surface area contributed by atoms with E-state index in [0.717, 1.165) is 40.1 Å². The number of nitrogens with zero attached hydrogens (tertiary/aromatic N) is 3. The summed E-state index contributed by atoms with van der Waals surface area (Å²) in [6.45, 7) is 7.01. The van der Waals surface area contributed by atoms with Crippen LogP contribution in [0, 0.1) is 0 Å². The predicted molar refractivity (Wildman–Crippen MR) is 143 cm³/mol. The first-order valence-electron chi connectivity index (χ1n) is 12.6. The van der Waals surface area contributed by atoms with E-state index in [4.69, 9.17) is 14.2 Å². The lowest BCUT2D eigenvalue weighted by molar-refractivity contribution is 0.203. The molecule has 2 amide bonds. The van der Waals surface area contributed by atoms with Gasteiger partial charge in [-0.2, -0.15) is 4.98 Å². The number of ether oxygens (including phenoxy) is 1. The van der Waals surface area contributed by atoms with Gasteiger partial charge in [0.2, 0.25) is 5.82 Å². The summed E-state index contributed by atoms with van der Waals surface area (Å²) in [4.78, 5) is 19.8.